The lowest BCUT2D eigenvalue weighted by Crippen LogP contribution is -2.14. The summed E-state index contributed by atoms with van der Waals surface area (Å²) in [6, 6.07) is 9.60. The Morgan fingerprint density at radius 1 is 1.29 bits per heavy atom. The van der Waals surface area contributed by atoms with E-state index in [1.165, 1.54) is 0 Å². The molecule has 7 heteroatoms. The zero-order chi connectivity index (χ0) is 19.7. The van der Waals surface area contributed by atoms with E-state index in [0.717, 1.165) is 48.1 Å². The van der Waals surface area contributed by atoms with Crippen molar-refractivity contribution < 1.29 is 4.79 Å². The number of carbonyl (C=O) groups is 1. The number of nitrogens with one attached hydrogen (secondary N) is 3. The molecule has 1 amide bonds. The number of amides is 1. The van der Waals surface area contributed by atoms with Crippen LogP contribution in [0.3, 0.4) is 0 Å². The van der Waals surface area contributed by atoms with Gasteiger partial charge in [-0.15, -0.1) is 0 Å². The van der Waals surface area contributed by atoms with Crippen LogP contribution in [0.15, 0.2) is 41.3 Å². The van der Waals surface area contributed by atoms with Crippen molar-refractivity contribution in [3.8, 4) is 0 Å². The minimum absolute atomic E-state index is 0.201. The van der Waals surface area contributed by atoms with E-state index < -0.39 is 5.91 Å². The fraction of sp³-hybridized carbons (Fsp3) is 0.286. The summed E-state index contributed by atoms with van der Waals surface area (Å²) in [6.07, 6.45) is 5.53. The maximum atomic E-state index is 12.4. The van der Waals surface area contributed by atoms with Gasteiger partial charge in [-0.3, -0.25) is 9.59 Å². The number of hydrogen-bond donors (Lipinski definition) is 4. The number of pyridine rings is 2. The molecule has 0 bridgehead atoms. The van der Waals surface area contributed by atoms with E-state index in [9.17, 15) is 9.59 Å². The lowest BCUT2D eigenvalue weighted by molar-refractivity contribution is 0.0999. The number of H-pyrrole nitrogens is 1. The number of carbonyl (C=O) groups excluding carboxylic acids is 1. The normalized spacial score (nSPS) is 13.5. The number of primary amides is 1. The number of anilines is 3. The molecule has 5 N–H and O–H groups in total. The number of nitrogens with two attached hydrogens (primary N) is 1. The molecule has 0 spiro atoms. The molecule has 4 rings (SSSR count). The molecule has 0 atom stereocenters. The third-order valence-electron chi connectivity index (χ3n) is 4.84. The number of nitrogens with zero attached hydrogens (tertiary/aromatic N) is 1. The van der Waals surface area contributed by atoms with Gasteiger partial charge in [0.2, 0.25) is 5.91 Å². The molecule has 1 aliphatic rings. The molecule has 0 aliphatic heterocycles. The summed E-state index contributed by atoms with van der Waals surface area (Å²) >= 11 is 0. The summed E-state index contributed by atoms with van der Waals surface area (Å²) < 4.78 is 0. The summed E-state index contributed by atoms with van der Waals surface area (Å²) in [5, 5.41) is 7.96. The third kappa shape index (κ3) is 3.69. The number of rotatable bonds is 7. The molecular formula is C21H23N5O2. The lowest BCUT2D eigenvalue weighted by atomic mass is 10.0. The summed E-state index contributed by atoms with van der Waals surface area (Å²) in [5.74, 6) is 0.785. The average molecular weight is 377 g/mol. The highest BCUT2D eigenvalue weighted by atomic mass is 16.1. The molecule has 28 heavy (non-hydrogen) atoms. The number of benzene rings is 1. The highest BCUT2D eigenvalue weighted by Gasteiger charge is 2.22. The summed E-state index contributed by atoms with van der Waals surface area (Å²) in [7, 11) is 0. The number of hydrogen-bond acceptors (Lipinski definition) is 5. The first-order chi connectivity index (χ1) is 13.5. The second-order valence-electron chi connectivity index (χ2n) is 7.16. The van der Waals surface area contributed by atoms with Crippen LogP contribution in [-0.2, 0) is 6.42 Å². The van der Waals surface area contributed by atoms with Gasteiger partial charge in [0.15, 0.2) is 0 Å². The van der Waals surface area contributed by atoms with E-state index in [1.54, 1.807) is 18.3 Å². The van der Waals surface area contributed by atoms with Crippen molar-refractivity contribution in [2.24, 2.45) is 5.73 Å². The Morgan fingerprint density at radius 3 is 2.82 bits per heavy atom. The van der Waals surface area contributed by atoms with E-state index in [4.69, 9.17) is 5.73 Å². The highest BCUT2D eigenvalue weighted by molar-refractivity contribution is 5.96. The quantitative estimate of drug-likeness (QED) is 0.505. The molecule has 2 aromatic heterocycles. The Balaban J connectivity index is 1.77. The van der Waals surface area contributed by atoms with Crippen LogP contribution in [-0.4, -0.2) is 21.9 Å². The smallest absolute Gasteiger partial charge is 0.259 e. The van der Waals surface area contributed by atoms with Gasteiger partial charge >= 0.3 is 0 Å². The Bertz CT molecular complexity index is 1100. The van der Waals surface area contributed by atoms with Gasteiger partial charge in [0.1, 0.15) is 11.6 Å². The van der Waals surface area contributed by atoms with Crippen molar-refractivity contribution in [3.63, 3.8) is 0 Å². The third-order valence-corrected chi connectivity index (χ3v) is 4.84. The van der Waals surface area contributed by atoms with Crippen molar-refractivity contribution in [2.75, 3.05) is 10.6 Å². The van der Waals surface area contributed by atoms with Crippen molar-refractivity contribution in [3.05, 3.63) is 58.0 Å². The van der Waals surface area contributed by atoms with Gasteiger partial charge in [-0.2, -0.15) is 0 Å². The predicted molar refractivity (Wildman–Crippen MR) is 111 cm³/mol. The number of aromatic nitrogens is 2. The van der Waals surface area contributed by atoms with Crippen LogP contribution in [0.5, 0.6) is 0 Å². The molecule has 144 valence electrons. The van der Waals surface area contributed by atoms with E-state index in [0.29, 0.717) is 22.8 Å². The van der Waals surface area contributed by atoms with Crippen molar-refractivity contribution in [2.45, 2.75) is 38.6 Å². The van der Waals surface area contributed by atoms with Crippen LogP contribution >= 0.6 is 0 Å². The van der Waals surface area contributed by atoms with Crippen LogP contribution < -0.4 is 21.9 Å². The fourth-order valence-corrected chi connectivity index (χ4v) is 3.34. The number of fused-ring (bicyclic) bond motifs is 1. The molecule has 1 fully saturated rings. The SMILES string of the molecule is CCCc1cc(Nc2nc(NC3CC3)cc3cc[nH]c(=O)c23)ccc1C(N)=O. The van der Waals surface area contributed by atoms with Crippen molar-refractivity contribution >= 4 is 34.0 Å². The molecule has 3 aromatic rings. The highest BCUT2D eigenvalue weighted by Crippen LogP contribution is 2.29. The van der Waals surface area contributed by atoms with Gasteiger partial charge < -0.3 is 21.4 Å². The van der Waals surface area contributed by atoms with Crippen LogP contribution in [0.4, 0.5) is 17.3 Å². The largest absolute Gasteiger partial charge is 0.367 e. The minimum atomic E-state index is -0.439. The van der Waals surface area contributed by atoms with E-state index >= 15 is 0 Å². The Hall–Kier alpha value is -3.35. The van der Waals surface area contributed by atoms with Crippen LogP contribution in [0.25, 0.3) is 10.8 Å². The van der Waals surface area contributed by atoms with Crippen molar-refractivity contribution in [1.82, 2.24) is 9.97 Å². The first kappa shape index (κ1) is 18.0. The molecule has 1 saturated carbocycles. The Morgan fingerprint density at radius 2 is 2.11 bits per heavy atom. The van der Waals surface area contributed by atoms with Gasteiger partial charge in [0, 0.05) is 23.5 Å². The van der Waals surface area contributed by atoms with Crippen molar-refractivity contribution in [1.29, 1.82) is 0 Å². The summed E-state index contributed by atoms with van der Waals surface area (Å²) in [4.78, 5) is 31.5. The molecule has 0 unspecified atom stereocenters. The monoisotopic (exact) mass is 377 g/mol. The molecular weight excluding hydrogens is 354 g/mol. The zero-order valence-corrected chi connectivity index (χ0v) is 15.7. The average Bonchev–Trinajstić information content (AvgIpc) is 3.46. The standard InChI is InChI=1S/C21H23N5O2/c1-2-3-12-10-15(6-7-16(12)19(22)27)25-20-18-13(8-9-23-21(18)28)11-17(26-20)24-14-4-5-14/h6-11,14H,2-5H2,1H3,(H2,22,27)(H,23,28)(H2,24,25,26). The van der Waals surface area contributed by atoms with E-state index in [-0.39, 0.29) is 5.56 Å². The maximum Gasteiger partial charge on any atom is 0.259 e. The second-order valence-corrected chi connectivity index (χ2v) is 7.16. The van der Waals surface area contributed by atoms with Crippen LogP contribution in [0.2, 0.25) is 0 Å². The fourth-order valence-electron chi connectivity index (χ4n) is 3.34. The van der Waals surface area contributed by atoms with E-state index in [2.05, 4.69) is 20.6 Å². The molecule has 0 radical (unpaired) electrons. The molecule has 0 saturated heterocycles. The first-order valence-electron chi connectivity index (χ1n) is 9.54. The lowest BCUT2D eigenvalue weighted by Gasteiger charge is -2.14. The number of aryl methyl sites for hydroxylation is 1. The molecule has 7 nitrogen and oxygen atoms in total. The van der Waals surface area contributed by atoms with Gasteiger partial charge in [-0.05, 0) is 60.5 Å². The molecule has 1 aromatic carbocycles. The second kappa shape index (κ2) is 7.34. The van der Waals surface area contributed by atoms with Gasteiger partial charge in [0.05, 0.1) is 5.39 Å². The van der Waals surface area contributed by atoms with Gasteiger partial charge in [-0.1, -0.05) is 13.3 Å². The van der Waals surface area contributed by atoms with Gasteiger partial charge in [0.25, 0.3) is 5.56 Å². The topological polar surface area (TPSA) is 113 Å². The molecule has 2 heterocycles. The molecule has 1 aliphatic carbocycles. The number of aromatic amines is 1. The predicted octanol–water partition coefficient (Wildman–Crippen LogP) is 3.29. The zero-order valence-electron chi connectivity index (χ0n) is 15.7. The summed E-state index contributed by atoms with van der Waals surface area (Å²) in [6.45, 7) is 2.05. The first-order valence-corrected chi connectivity index (χ1v) is 9.54. The van der Waals surface area contributed by atoms with Crippen LogP contribution in [0, 0.1) is 0 Å². The van der Waals surface area contributed by atoms with Gasteiger partial charge in [-0.25, -0.2) is 4.98 Å². The minimum Gasteiger partial charge on any atom is -0.367 e. The maximum absolute atomic E-state index is 12.4. The Labute approximate surface area is 162 Å². The van der Waals surface area contributed by atoms with E-state index in [1.807, 2.05) is 25.1 Å². The Kier molecular flexibility index (Phi) is 4.73. The summed E-state index contributed by atoms with van der Waals surface area (Å²) in [5.41, 5.74) is 7.45. The van der Waals surface area contributed by atoms with Crippen LogP contribution in [0.1, 0.15) is 42.1 Å².